The first kappa shape index (κ1) is 23.8. The fourth-order valence-electron chi connectivity index (χ4n) is 2.76. The van der Waals surface area contributed by atoms with Gasteiger partial charge in [-0.15, -0.1) is 24.8 Å². The Labute approximate surface area is 162 Å². The lowest BCUT2D eigenvalue weighted by Crippen LogP contribution is -2.41. The normalized spacial score (nSPS) is 17.8. The quantitative estimate of drug-likeness (QED) is 0.738. The van der Waals surface area contributed by atoms with Gasteiger partial charge in [-0.3, -0.25) is 9.69 Å². The summed E-state index contributed by atoms with van der Waals surface area (Å²) < 4.78 is 10.6. The highest BCUT2D eigenvalue weighted by atomic mass is 35.5. The third kappa shape index (κ3) is 6.90. The van der Waals surface area contributed by atoms with Crippen molar-refractivity contribution in [2.24, 2.45) is 11.7 Å². The zero-order valence-corrected chi connectivity index (χ0v) is 16.6. The molecular formula is C17H29Cl2N3O3. The van der Waals surface area contributed by atoms with Crippen LogP contribution in [0.4, 0.5) is 0 Å². The molecule has 1 aliphatic rings. The van der Waals surface area contributed by atoms with Crippen molar-refractivity contribution in [2.45, 2.75) is 25.9 Å². The summed E-state index contributed by atoms with van der Waals surface area (Å²) in [5, 5.41) is 3.08. The van der Waals surface area contributed by atoms with Crippen molar-refractivity contribution in [3.8, 4) is 11.5 Å². The van der Waals surface area contributed by atoms with Crippen molar-refractivity contribution in [2.75, 3.05) is 33.9 Å². The molecule has 1 aromatic carbocycles. The molecule has 0 aromatic heterocycles. The van der Waals surface area contributed by atoms with Crippen molar-refractivity contribution in [3.05, 3.63) is 23.8 Å². The van der Waals surface area contributed by atoms with Gasteiger partial charge in [-0.1, -0.05) is 6.92 Å². The van der Waals surface area contributed by atoms with E-state index in [9.17, 15) is 4.79 Å². The van der Waals surface area contributed by atoms with Crippen LogP contribution in [0.15, 0.2) is 18.2 Å². The average molecular weight is 394 g/mol. The molecule has 0 radical (unpaired) electrons. The minimum atomic E-state index is -0.133. The molecular weight excluding hydrogens is 365 g/mol. The van der Waals surface area contributed by atoms with Crippen LogP contribution in [-0.2, 0) is 11.3 Å². The highest BCUT2D eigenvalue weighted by Crippen LogP contribution is 2.24. The second-order valence-corrected chi connectivity index (χ2v) is 6.09. The van der Waals surface area contributed by atoms with Crippen LogP contribution in [0.25, 0.3) is 0 Å². The lowest BCUT2D eigenvalue weighted by molar-refractivity contribution is -0.124. The number of nitrogens with one attached hydrogen (secondary N) is 1. The van der Waals surface area contributed by atoms with Gasteiger partial charge in [-0.25, -0.2) is 0 Å². The Hall–Kier alpha value is -1.21. The van der Waals surface area contributed by atoms with Crippen molar-refractivity contribution in [1.29, 1.82) is 0 Å². The van der Waals surface area contributed by atoms with E-state index in [1.165, 1.54) is 0 Å². The van der Waals surface area contributed by atoms with Crippen LogP contribution in [-0.4, -0.2) is 50.7 Å². The van der Waals surface area contributed by atoms with Crippen LogP contribution in [0.1, 0.15) is 18.9 Å². The summed E-state index contributed by atoms with van der Waals surface area (Å²) in [6.07, 6.45) is 0.962. The molecule has 144 valence electrons. The molecule has 1 saturated heterocycles. The van der Waals surface area contributed by atoms with Crippen molar-refractivity contribution < 1.29 is 14.3 Å². The van der Waals surface area contributed by atoms with Gasteiger partial charge in [0.15, 0.2) is 0 Å². The smallest absolute Gasteiger partial charge is 0.224 e. The maximum Gasteiger partial charge on any atom is 0.224 e. The third-order valence-corrected chi connectivity index (χ3v) is 4.24. The first-order valence-electron chi connectivity index (χ1n) is 8.00. The lowest BCUT2D eigenvalue weighted by atomic mass is 10.1. The summed E-state index contributed by atoms with van der Waals surface area (Å²) in [6, 6.07) is 6.10. The molecule has 1 heterocycles. The Morgan fingerprint density at radius 1 is 1.28 bits per heavy atom. The Morgan fingerprint density at radius 3 is 2.40 bits per heavy atom. The van der Waals surface area contributed by atoms with E-state index >= 15 is 0 Å². The van der Waals surface area contributed by atoms with Gasteiger partial charge in [0.2, 0.25) is 5.91 Å². The third-order valence-electron chi connectivity index (χ3n) is 4.24. The number of nitrogens with zero attached hydrogens (tertiary/aromatic N) is 1. The van der Waals surface area contributed by atoms with Gasteiger partial charge in [0, 0.05) is 44.2 Å². The number of likely N-dealkylation sites (tertiary alicyclic amines) is 1. The fourth-order valence-corrected chi connectivity index (χ4v) is 2.76. The molecule has 2 unspecified atom stereocenters. The van der Waals surface area contributed by atoms with E-state index in [0.717, 1.165) is 43.1 Å². The van der Waals surface area contributed by atoms with E-state index in [4.69, 9.17) is 15.2 Å². The number of ether oxygens (including phenoxy) is 2. The van der Waals surface area contributed by atoms with E-state index in [1.807, 2.05) is 25.1 Å². The van der Waals surface area contributed by atoms with Crippen LogP contribution in [0, 0.1) is 5.92 Å². The highest BCUT2D eigenvalue weighted by molar-refractivity contribution is 5.85. The summed E-state index contributed by atoms with van der Waals surface area (Å²) in [6.45, 7) is 4.85. The first-order chi connectivity index (χ1) is 11.0. The molecule has 1 fully saturated rings. The molecule has 1 aliphatic heterocycles. The largest absolute Gasteiger partial charge is 0.497 e. The number of hydrogen-bond acceptors (Lipinski definition) is 5. The number of rotatable bonds is 7. The van der Waals surface area contributed by atoms with Gasteiger partial charge in [-0.05, 0) is 24.1 Å². The van der Waals surface area contributed by atoms with Crippen LogP contribution in [0.3, 0.4) is 0 Å². The van der Waals surface area contributed by atoms with E-state index < -0.39 is 0 Å². The molecule has 3 N–H and O–H groups in total. The summed E-state index contributed by atoms with van der Waals surface area (Å²) in [7, 11) is 3.30. The average Bonchev–Trinajstić information content (AvgIpc) is 3.00. The van der Waals surface area contributed by atoms with Gasteiger partial charge in [0.25, 0.3) is 0 Å². The number of benzene rings is 1. The standard InChI is InChI=1S/C17H27N3O3.2ClH/c1-12(9-18)17(21)19-14-4-5-20(11-14)10-13-6-15(22-2)8-16(7-13)23-3;;/h6-8,12,14H,4-5,9-11,18H2,1-3H3,(H,19,21);2*1H. The minimum Gasteiger partial charge on any atom is -0.497 e. The van der Waals surface area contributed by atoms with E-state index in [1.54, 1.807) is 14.2 Å². The number of nitrogens with two attached hydrogens (primary N) is 1. The van der Waals surface area contributed by atoms with Gasteiger partial charge in [-0.2, -0.15) is 0 Å². The summed E-state index contributed by atoms with van der Waals surface area (Å²) in [5.74, 6) is 1.49. The Balaban J connectivity index is 0.00000288. The molecule has 0 bridgehead atoms. The number of halogens is 2. The predicted octanol–water partition coefficient (Wildman–Crippen LogP) is 1.83. The molecule has 2 rings (SSSR count). The molecule has 0 spiro atoms. The second kappa shape index (κ2) is 11.4. The minimum absolute atomic E-state index is 0. The monoisotopic (exact) mass is 393 g/mol. The molecule has 0 aliphatic carbocycles. The summed E-state index contributed by atoms with van der Waals surface area (Å²) in [4.78, 5) is 14.2. The van der Waals surface area contributed by atoms with Crippen molar-refractivity contribution in [3.63, 3.8) is 0 Å². The zero-order valence-electron chi connectivity index (χ0n) is 15.0. The molecule has 0 saturated carbocycles. The predicted molar refractivity (Wildman–Crippen MR) is 104 cm³/mol. The molecule has 8 heteroatoms. The second-order valence-electron chi connectivity index (χ2n) is 6.09. The fraction of sp³-hybridized carbons (Fsp3) is 0.588. The topological polar surface area (TPSA) is 76.8 Å². The van der Waals surface area contributed by atoms with Gasteiger partial charge in [0.05, 0.1) is 14.2 Å². The Bertz CT molecular complexity index is 524. The molecule has 6 nitrogen and oxygen atoms in total. The number of amides is 1. The highest BCUT2D eigenvalue weighted by Gasteiger charge is 2.25. The van der Waals surface area contributed by atoms with E-state index in [-0.39, 0.29) is 42.7 Å². The lowest BCUT2D eigenvalue weighted by Gasteiger charge is -2.19. The molecule has 1 amide bonds. The van der Waals surface area contributed by atoms with Gasteiger partial charge < -0.3 is 20.5 Å². The summed E-state index contributed by atoms with van der Waals surface area (Å²) >= 11 is 0. The molecule has 1 aromatic rings. The van der Waals surface area contributed by atoms with Crippen LogP contribution in [0.5, 0.6) is 11.5 Å². The number of hydrogen-bond donors (Lipinski definition) is 2. The van der Waals surface area contributed by atoms with Crippen LogP contribution < -0.4 is 20.5 Å². The van der Waals surface area contributed by atoms with Gasteiger partial charge >= 0.3 is 0 Å². The SMILES string of the molecule is COc1cc(CN2CCC(NC(=O)C(C)CN)C2)cc(OC)c1.Cl.Cl. The number of carbonyl (C=O) groups excluding carboxylic acids is 1. The Morgan fingerprint density at radius 2 is 1.88 bits per heavy atom. The molecule has 25 heavy (non-hydrogen) atoms. The van der Waals surface area contributed by atoms with Crippen molar-refractivity contribution in [1.82, 2.24) is 10.2 Å². The first-order valence-corrected chi connectivity index (χ1v) is 8.00. The van der Waals surface area contributed by atoms with E-state index in [2.05, 4.69) is 10.2 Å². The molecule has 2 atom stereocenters. The number of methoxy groups -OCH3 is 2. The maximum absolute atomic E-state index is 11.9. The summed E-state index contributed by atoms with van der Waals surface area (Å²) in [5.41, 5.74) is 6.68. The van der Waals surface area contributed by atoms with Crippen LogP contribution >= 0.6 is 24.8 Å². The Kier molecular flexibility index (Phi) is 10.9. The van der Waals surface area contributed by atoms with E-state index in [0.29, 0.717) is 6.54 Å². The van der Waals surface area contributed by atoms with Crippen LogP contribution in [0.2, 0.25) is 0 Å². The van der Waals surface area contributed by atoms with Crippen molar-refractivity contribution >= 4 is 30.7 Å². The zero-order chi connectivity index (χ0) is 16.8. The van der Waals surface area contributed by atoms with Gasteiger partial charge in [0.1, 0.15) is 11.5 Å². The number of carbonyl (C=O) groups is 1. The maximum atomic E-state index is 11.9.